The number of urea groups is 1. The van der Waals surface area contributed by atoms with Crippen molar-refractivity contribution in [2.24, 2.45) is 0 Å². The van der Waals surface area contributed by atoms with Crippen molar-refractivity contribution in [2.75, 3.05) is 18.4 Å². The number of carbonyl (C=O) groups excluding carboxylic acids is 1. The third-order valence-electron chi connectivity index (χ3n) is 4.82. The Hall–Kier alpha value is -2.73. The summed E-state index contributed by atoms with van der Waals surface area (Å²) in [6.07, 6.45) is 1.48. The number of aromatic nitrogens is 2. The number of nitrogens with one attached hydrogen (secondary N) is 2. The van der Waals surface area contributed by atoms with Gasteiger partial charge in [-0.2, -0.15) is 0 Å². The first-order valence-electron chi connectivity index (χ1n) is 8.62. The molecule has 2 heterocycles. The van der Waals surface area contributed by atoms with Crippen LogP contribution < -0.4 is 11.0 Å². The van der Waals surface area contributed by atoms with Crippen LogP contribution in [0.1, 0.15) is 18.9 Å². The molecule has 1 saturated heterocycles. The second-order valence-electron chi connectivity index (χ2n) is 6.48. The molecule has 0 bridgehead atoms. The predicted octanol–water partition coefficient (Wildman–Crippen LogP) is 3.85. The number of hydrogen-bond donors (Lipinski definition) is 2. The standard InChI is InChI=1S/C19H19ClN4O2/c20-13-4-3-5-14(12-13)21-18(25)23-10-8-15(9-11-23)24-17-7-2-1-6-16(17)22-19(24)26/h1-7,12,15H,8-11H2,(H,21,25)(H,22,26). The number of fused-ring (bicyclic) bond motifs is 1. The summed E-state index contributed by atoms with van der Waals surface area (Å²) in [5.74, 6) is 0. The van der Waals surface area contributed by atoms with Crippen LogP contribution in [0.4, 0.5) is 10.5 Å². The molecule has 26 heavy (non-hydrogen) atoms. The number of carbonyl (C=O) groups is 1. The fraction of sp³-hybridized carbons (Fsp3) is 0.263. The first kappa shape index (κ1) is 16.7. The summed E-state index contributed by atoms with van der Waals surface area (Å²) in [5.41, 5.74) is 2.35. The van der Waals surface area contributed by atoms with Crippen LogP contribution in [0.5, 0.6) is 0 Å². The van der Waals surface area contributed by atoms with Gasteiger partial charge in [-0.25, -0.2) is 9.59 Å². The molecule has 0 saturated carbocycles. The van der Waals surface area contributed by atoms with Crippen molar-refractivity contribution >= 4 is 34.4 Å². The number of benzene rings is 2. The molecule has 2 aromatic carbocycles. The molecule has 1 aliphatic rings. The first-order chi connectivity index (χ1) is 12.6. The van der Waals surface area contributed by atoms with Crippen molar-refractivity contribution in [3.63, 3.8) is 0 Å². The Morgan fingerprint density at radius 2 is 1.88 bits per heavy atom. The van der Waals surface area contributed by atoms with Crippen LogP contribution in [0.3, 0.4) is 0 Å². The average molecular weight is 371 g/mol. The maximum absolute atomic E-state index is 12.4. The third-order valence-corrected chi connectivity index (χ3v) is 5.05. The van der Waals surface area contributed by atoms with E-state index in [1.807, 2.05) is 34.9 Å². The maximum Gasteiger partial charge on any atom is 0.326 e. The third kappa shape index (κ3) is 3.20. The molecule has 0 radical (unpaired) electrons. The lowest BCUT2D eigenvalue weighted by Crippen LogP contribution is -2.42. The summed E-state index contributed by atoms with van der Waals surface area (Å²) in [4.78, 5) is 29.5. The highest BCUT2D eigenvalue weighted by Crippen LogP contribution is 2.25. The van der Waals surface area contributed by atoms with Crippen LogP contribution in [-0.4, -0.2) is 33.6 Å². The van der Waals surface area contributed by atoms with Crippen LogP contribution in [0.15, 0.2) is 53.3 Å². The molecule has 2 N–H and O–H groups in total. The van der Waals surface area contributed by atoms with Gasteiger partial charge >= 0.3 is 11.7 Å². The van der Waals surface area contributed by atoms with Crippen LogP contribution in [0.25, 0.3) is 11.0 Å². The van der Waals surface area contributed by atoms with E-state index in [9.17, 15) is 9.59 Å². The monoisotopic (exact) mass is 370 g/mol. The quantitative estimate of drug-likeness (QED) is 0.719. The number of piperidine rings is 1. The van der Waals surface area contributed by atoms with Gasteiger partial charge in [0.05, 0.1) is 11.0 Å². The highest BCUT2D eigenvalue weighted by atomic mass is 35.5. The first-order valence-corrected chi connectivity index (χ1v) is 9.00. The zero-order chi connectivity index (χ0) is 18.1. The summed E-state index contributed by atoms with van der Waals surface area (Å²) < 4.78 is 1.82. The van der Waals surface area contributed by atoms with E-state index in [-0.39, 0.29) is 17.8 Å². The highest BCUT2D eigenvalue weighted by Gasteiger charge is 2.26. The van der Waals surface area contributed by atoms with Crippen molar-refractivity contribution in [2.45, 2.75) is 18.9 Å². The Balaban J connectivity index is 1.44. The number of halogens is 1. The number of imidazole rings is 1. The zero-order valence-electron chi connectivity index (χ0n) is 14.1. The highest BCUT2D eigenvalue weighted by molar-refractivity contribution is 6.30. The number of rotatable bonds is 2. The molecule has 6 nitrogen and oxygen atoms in total. The van der Waals surface area contributed by atoms with Gasteiger partial charge in [0.2, 0.25) is 0 Å². The normalized spacial score (nSPS) is 15.3. The van der Waals surface area contributed by atoms with Gasteiger partial charge in [0.15, 0.2) is 0 Å². The van der Waals surface area contributed by atoms with Gasteiger partial charge in [0.1, 0.15) is 0 Å². The van der Waals surface area contributed by atoms with Gasteiger partial charge < -0.3 is 15.2 Å². The largest absolute Gasteiger partial charge is 0.326 e. The number of amides is 2. The molecule has 0 spiro atoms. The van der Waals surface area contributed by atoms with Gasteiger partial charge in [-0.05, 0) is 43.2 Å². The molecular formula is C19H19ClN4O2. The summed E-state index contributed by atoms with van der Waals surface area (Å²) in [7, 11) is 0. The van der Waals surface area contributed by atoms with E-state index in [4.69, 9.17) is 11.6 Å². The Bertz CT molecular complexity index is 1000. The molecule has 0 aliphatic carbocycles. The Morgan fingerprint density at radius 3 is 2.65 bits per heavy atom. The van der Waals surface area contributed by atoms with Crippen molar-refractivity contribution < 1.29 is 4.79 Å². The molecule has 4 rings (SSSR count). The molecule has 1 aromatic heterocycles. The summed E-state index contributed by atoms with van der Waals surface area (Å²) in [5, 5.41) is 3.45. The molecule has 3 aromatic rings. The Morgan fingerprint density at radius 1 is 1.12 bits per heavy atom. The summed E-state index contributed by atoms with van der Waals surface area (Å²) in [6.45, 7) is 1.20. The molecule has 1 aliphatic heterocycles. The minimum atomic E-state index is -0.142. The van der Waals surface area contributed by atoms with E-state index in [1.165, 1.54) is 0 Å². The molecule has 134 valence electrons. The minimum absolute atomic E-state index is 0.0898. The molecule has 2 amide bonds. The van der Waals surface area contributed by atoms with Gasteiger partial charge in [-0.3, -0.25) is 4.57 Å². The topological polar surface area (TPSA) is 70.1 Å². The van der Waals surface area contributed by atoms with E-state index in [2.05, 4.69) is 10.3 Å². The Kier molecular flexibility index (Phi) is 4.42. The fourth-order valence-electron chi connectivity index (χ4n) is 3.53. The second-order valence-corrected chi connectivity index (χ2v) is 6.91. The lowest BCUT2D eigenvalue weighted by Gasteiger charge is -2.32. The smallest absolute Gasteiger partial charge is 0.324 e. The number of para-hydroxylation sites is 2. The van der Waals surface area contributed by atoms with E-state index >= 15 is 0 Å². The van der Waals surface area contributed by atoms with Gasteiger partial charge in [0.25, 0.3) is 0 Å². The number of nitrogens with zero attached hydrogens (tertiary/aromatic N) is 2. The minimum Gasteiger partial charge on any atom is -0.324 e. The number of hydrogen-bond acceptors (Lipinski definition) is 2. The number of likely N-dealkylation sites (tertiary alicyclic amines) is 1. The number of aromatic amines is 1. The predicted molar refractivity (Wildman–Crippen MR) is 103 cm³/mol. The summed E-state index contributed by atoms with van der Waals surface area (Å²) in [6, 6.07) is 14.7. The fourth-order valence-corrected chi connectivity index (χ4v) is 3.72. The van der Waals surface area contributed by atoms with Crippen molar-refractivity contribution in [1.82, 2.24) is 14.5 Å². The lowest BCUT2D eigenvalue weighted by molar-refractivity contribution is 0.184. The summed E-state index contributed by atoms with van der Waals surface area (Å²) >= 11 is 5.95. The van der Waals surface area contributed by atoms with Crippen molar-refractivity contribution in [1.29, 1.82) is 0 Å². The molecule has 0 unspecified atom stereocenters. The molecule has 1 fully saturated rings. The van der Waals surface area contributed by atoms with Crippen LogP contribution in [0, 0.1) is 0 Å². The van der Waals surface area contributed by atoms with Gasteiger partial charge in [0, 0.05) is 29.8 Å². The number of anilines is 1. The van der Waals surface area contributed by atoms with Crippen LogP contribution in [0.2, 0.25) is 5.02 Å². The molecule has 0 atom stereocenters. The van der Waals surface area contributed by atoms with E-state index in [0.29, 0.717) is 23.8 Å². The van der Waals surface area contributed by atoms with E-state index in [0.717, 1.165) is 23.9 Å². The molecular weight excluding hydrogens is 352 g/mol. The SMILES string of the molecule is O=C(Nc1cccc(Cl)c1)N1CCC(n2c(=O)[nH]c3ccccc32)CC1. The van der Waals surface area contributed by atoms with Gasteiger partial charge in [-0.15, -0.1) is 0 Å². The van der Waals surface area contributed by atoms with Crippen LogP contribution in [-0.2, 0) is 0 Å². The zero-order valence-corrected chi connectivity index (χ0v) is 14.9. The van der Waals surface area contributed by atoms with E-state index in [1.54, 1.807) is 23.1 Å². The average Bonchev–Trinajstić information content (AvgIpc) is 2.97. The van der Waals surface area contributed by atoms with E-state index < -0.39 is 0 Å². The molecule has 7 heteroatoms. The maximum atomic E-state index is 12.4. The van der Waals surface area contributed by atoms with Crippen molar-refractivity contribution in [3.8, 4) is 0 Å². The van der Waals surface area contributed by atoms with Gasteiger partial charge in [-0.1, -0.05) is 29.8 Å². The van der Waals surface area contributed by atoms with Crippen molar-refractivity contribution in [3.05, 3.63) is 64.0 Å². The second kappa shape index (κ2) is 6.88. The lowest BCUT2D eigenvalue weighted by atomic mass is 10.0. The van der Waals surface area contributed by atoms with Crippen LogP contribution >= 0.6 is 11.6 Å². The Labute approximate surface area is 155 Å². The number of H-pyrrole nitrogens is 1.